The number of carbonyl (C=O) groups is 1. The quantitative estimate of drug-likeness (QED) is 0.266. The first kappa shape index (κ1) is 23.9. The lowest BCUT2D eigenvalue weighted by molar-refractivity contribution is 0.0982. The average molecular weight is 478 g/mol. The van der Waals surface area contributed by atoms with Crippen molar-refractivity contribution in [2.45, 2.75) is 44.4 Å². The number of thioether (sulfide) groups is 1. The molecule has 0 spiro atoms. The molecule has 0 unspecified atom stereocenters. The van der Waals surface area contributed by atoms with Gasteiger partial charge in [0, 0.05) is 40.0 Å². The number of hydrogen-bond acceptors (Lipinski definition) is 5. The summed E-state index contributed by atoms with van der Waals surface area (Å²) in [6.07, 6.45) is 0.823. The third-order valence-electron chi connectivity index (χ3n) is 4.85. The molecule has 0 fully saturated rings. The Kier molecular flexibility index (Phi) is 8.23. The number of rotatable bonds is 9. The Hall–Kier alpha value is -1.79. The Labute approximate surface area is 197 Å². The molecule has 164 valence electrons. The summed E-state index contributed by atoms with van der Waals surface area (Å²) in [5, 5.41) is 10.0. The molecule has 0 aliphatic carbocycles. The van der Waals surface area contributed by atoms with E-state index in [2.05, 4.69) is 4.98 Å². The maximum atomic E-state index is 12.8. The predicted molar refractivity (Wildman–Crippen MR) is 128 cm³/mol. The molecule has 0 aliphatic rings. The minimum Gasteiger partial charge on any atom is -0.441 e. The van der Waals surface area contributed by atoms with Gasteiger partial charge in [0.2, 0.25) is 5.89 Å². The fourth-order valence-electron chi connectivity index (χ4n) is 3.29. The molecule has 7 heteroatoms. The summed E-state index contributed by atoms with van der Waals surface area (Å²) in [5.74, 6) is 2.03. The Morgan fingerprint density at radius 1 is 1.19 bits per heavy atom. The lowest BCUT2D eigenvalue weighted by Crippen LogP contribution is -2.04. The molecule has 0 saturated heterocycles. The molecule has 31 heavy (non-hydrogen) atoms. The third-order valence-corrected chi connectivity index (χ3v) is 6.55. The van der Waals surface area contributed by atoms with Crippen LogP contribution in [0.15, 0.2) is 45.7 Å². The topological polar surface area (TPSA) is 63.3 Å². The number of aliphatic hydroxyl groups is 1. The van der Waals surface area contributed by atoms with E-state index in [9.17, 15) is 4.79 Å². The molecule has 0 saturated carbocycles. The van der Waals surface area contributed by atoms with Gasteiger partial charge in [-0.1, -0.05) is 43.1 Å². The van der Waals surface area contributed by atoms with Crippen molar-refractivity contribution >= 4 is 40.7 Å². The van der Waals surface area contributed by atoms with E-state index in [4.69, 9.17) is 32.7 Å². The number of Topliss-reactive ketones (excluding diaryl/α,β-unsaturated/α-hetero) is 1. The zero-order chi connectivity index (χ0) is 22.5. The van der Waals surface area contributed by atoms with E-state index in [-0.39, 0.29) is 18.3 Å². The largest absolute Gasteiger partial charge is 0.441 e. The molecule has 2 aromatic carbocycles. The normalized spacial score (nSPS) is 11.3. The van der Waals surface area contributed by atoms with Gasteiger partial charge in [0.1, 0.15) is 5.76 Å². The molecule has 0 bridgehead atoms. The standard InChI is InChI=1S/C24H25Cl2NO3S/c1-14(2)23-20(27-24(30-23)18-6-5-17(25)13-19(18)26)7-8-21(29)16-4-9-22(15(3)12-16)31-11-10-28/h4-6,9,12-14,28H,7-8,10-11H2,1-3H3. The van der Waals surface area contributed by atoms with Gasteiger partial charge in [-0.3, -0.25) is 4.79 Å². The van der Waals surface area contributed by atoms with Crippen LogP contribution in [0.5, 0.6) is 0 Å². The zero-order valence-electron chi connectivity index (χ0n) is 17.7. The van der Waals surface area contributed by atoms with E-state index >= 15 is 0 Å². The first-order chi connectivity index (χ1) is 14.8. The third kappa shape index (κ3) is 5.92. The Balaban J connectivity index is 1.77. The van der Waals surface area contributed by atoms with E-state index in [0.29, 0.717) is 45.7 Å². The van der Waals surface area contributed by atoms with E-state index in [1.165, 1.54) is 0 Å². The number of aliphatic hydroxyl groups excluding tert-OH is 1. The van der Waals surface area contributed by atoms with Gasteiger partial charge in [-0.05, 0) is 42.8 Å². The second kappa shape index (κ2) is 10.7. The Morgan fingerprint density at radius 3 is 2.61 bits per heavy atom. The number of nitrogens with zero attached hydrogens (tertiary/aromatic N) is 1. The van der Waals surface area contributed by atoms with E-state index in [1.54, 1.807) is 30.0 Å². The highest BCUT2D eigenvalue weighted by atomic mass is 35.5. The van der Waals surface area contributed by atoms with E-state index < -0.39 is 0 Å². The number of hydrogen-bond donors (Lipinski definition) is 1. The van der Waals surface area contributed by atoms with Crippen LogP contribution in [0, 0.1) is 6.92 Å². The summed E-state index contributed by atoms with van der Waals surface area (Å²) in [4.78, 5) is 18.5. The van der Waals surface area contributed by atoms with Gasteiger partial charge in [-0.2, -0.15) is 0 Å². The molecule has 0 atom stereocenters. The van der Waals surface area contributed by atoms with Gasteiger partial charge in [-0.25, -0.2) is 4.98 Å². The summed E-state index contributed by atoms with van der Waals surface area (Å²) < 4.78 is 6.02. The minimum atomic E-state index is 0.0607. The number of oxazole rings is 1. The van der Waals surface area contributed by atoms with E-state index in [1.807, 2.05) is 39.0 Å². The molecule has 0 radical (unpaired) electrons. The van der Waals surface area contributed by atoms with Crippen molar-refractivity contribution in [3.63, 3.8) is 0 Å². The number of carbonyl (C=O) groups excluding carboxylic acids is 1. The van der Waals surface area contributed by atoms with Crippen LogP contribution in [0.2, 0.25) is 10.0 Å². The molecule has 1 N–H and O–H groups in total. The van der Waals surface area contributed by atoms with Crippen molar-refractivity contribution in [1.29, 1.82) is 0 Å². The lowest BCUT2D eigenvalue weighted by Gasteiger charge is -2.08. The Bertz CT molecular complexity index is 1080. The first-order valence-electron chi connectivity index (χ1n) is 10.1. The fraction of sp³-hybridized carbons (Fsp3) is 0.333. The fourth-order valence-corrected chi connectivity index (χ4v) is 4.54. The monoisotopic (exact) mass is 477 g/mol. The number of aromatic nitrogens is 1. The minimum absolute atomic E-state index is 0.0607. The second-order valence-electron chi connectivity index (χ2n) is 7.58. The van der Waals surface area contributed by atoms with Crippen molar-refractivity contribution in [3.8, 4) is 11.5 Å². The SMILES string of the molecule is Cc1cc(C(=O)CCc2nc(-c3ccc(Cl)cc3Cl)oc2C(C)C)ccc1SCCO. The average Bonchev–Trinajstić information content (AvgIpc) is 3.15. The van der Waals surface area contributed by atoms with Gasteiger partial charge in [0.15, 0.2) is 5.78 Å². The molecule has 3 rings (SSSR count). The number of benzene rings is 2. The van der Waals surface area contributed by atoms with Crippen LogP contribution in [-0.2, 0) is 6.42 Å². The first-order valence-corrected chi connectivity index (χ1v) is 11.9. The molecular formula is C24H25Cl2NO3S. The zero-order valence-corrected chi connectivity index (χ0v) is 20.1. The highest BCUT2D eigenvalue weighted by molar-refractivity contribution is 7.99. The summed E-state index contributed by atoms with van der Waals surface area (Å²) in [7, 11) is 0. The number of aryl methyl sites for hydroxylation is 2. The maximum absolute atomic E-state index is 12.8. The second-order valence-corrected chi connectivity index (χ2v) is 9.56. The van der Waals surface area contributed by atoms with Crippen LogP contribution < -0.4 is 0 Å². The molecular weight excluding hydrogens is 453 g/mol. The summed E-state index contributed by atoms with van der Waals surface area (Å²) in [6.45, 7) is 6.17. The summed E-state index contributed by atoms with van der Waals surface area (Å²) >= 11 is 13.9. The molecule has 1 aromatic heterocycles. The van der Waals surface area contributed by atoms with Crippen LogP contribution in [0.1, 0.15) is 53.6 Å². The van der Waals surface area contributed by atoms with Crippen LogP contribution >= 0.6 is 35.0 Å². The van der Waals surface area contributed by atoms with Crippen molar-refractivity contribution in [2.24, 2.45) is 0 Å². The summed E-state index contributed by atoms with van der Waals surface area (Å²) in [5.41, 5.74) is 3.17. The molecule has 0 aliphatic heterocycles. The number of halogens is 2. The highest BCUT2D eigenvalue weighted by Crippen LogP contribution is 2.33. The van der Waals surface area contributed by atoms with Crippen molar-refractivity contribution in [3.05, 3.63) is 69.0 Å². The van der Waals surface area contributed by atoms with Crippen molar-refractivity contribution < 1.29 is 14.3 Å². The van der Waals surface area contributed by atoms with Crippen LogP contribution in [0.25, 0.3) is 11.5 Å². The van der Waals surface area contributed by atoms with Crippen LogP contribution in [0.4, 0.5) is 0 Å². The molecule has 0 amide bonds. The molecule has 4 nitrogen and oxygen atoms in total. The molecule has 1 heterocycles. The predicted octanol–water partition coefficient (Wildman–Crippen LogP) is 6.98. The summed E-state index contributed by atoms with van der Waals surface area (Å²) in [6, 6.07) is 10.9. The van der Waals surface area contributed by atoms with Gasteiger partial charge >= 0.3 is 0 Å². The van der Waals surface area contributed by atoms with Crippen LogP contribution in [0.3, 0.4) is 0 Å². The lowest BCUT2D eigenvalue weighted by atomic mass is 10.0. The van der Waals surface area contributed by atoms with Gasteiger partial charge in [0.25, 0.3) is 0 Å². The van der Waals surface area contributed by atoms with Crippen molar-refractivity contribution in [2.75, 3.05) is 12.4 Å². The Morgan fingerprint density at radius 2 is 1.97 bits per heavy atom. The van der Waals surface area contributed by atoms with Gasteiger partial charge in [0.05, 0.1) is 22.9 Å². The van der Waals surface area contributed by atoms with Gasteiger partial charge in [-0.15, -0.1) is 11.8 Å². The smallest absolute Gasteiger partial charge is 0.228 e. The molecule has 3 aromatic rings. The van der Waals surface area contributed by atoms with Gasteiger partial charge < -0.3 is 9.52 Å². The highest BCUT2D eigenvalue weighted by Gasteiger charge is 2.20. The number of ketones is 1. The van der Waals surface area contributed by atoms with Crippen molar-refractivity contribution in [1.82, 2.24) is 4.98 Å². The van der Waals surface area contributed by atoms with E-state index in [0.717, 1.165) is 21.9 Å². The maximum Gasteiger partial charge on any atom is 0.228 e. The van der Waals surface area contributed by atoms with Crippen LogP contribution in [-0.4, -0.2) is 28.2 Å².